The summed E-state index contributed by atoms with van der Waals surface area (Å²) in [6.45, 7) is 2.00. The van der Waals surface area contributed by atoms with Crippen LogP contribution < -0.4 is 5.56 Å². The number of H-pyrrole nitrogens is 1. The van der Waals surface area contributed by atoms with E-state index in [0.717, 1.165) is 41.4 Å². The van der Waals surface area contributed by atoms with E-state index in [0.29, 0.717) is 11.5 Å². The number of nitrogens with one attached hydrogen (secondary N) is 1. The largest absolute Gasteiger partial charge is 0.321 e. The van der Waals surface area contributed by atoms with E-state index >= 15 is 0 Å². The quantitative estimate of drug-likeness (QED) is 0.943. The lowest BCUT2D eigenvalue weighted by Gasteiger charge is -2.22. The summed E-state index contributed by atoms with van der Waals surface area (Å²) in [6.07, 6.45) is 11.8. The highest BCUT2D eigenvalue weighted by Crippen LogP contribution is 2.43. The lowest BCUT2D eigenvalue weighted by atomic mass is 9.84. The van der Waals surface area contributed by atoms with Crippen molar-refractivity contribution in [2.24, 2.45) is 11.8 Å². The predicted molar refractivity (Wildman–Crippen MR) is 91.1 cm³/mol. The second-order valence-corrected chi connectivity index (χ2v) is 6.51. The molecule has 24 heavy (non-hydrogen) atoms. The van der Waals surface area contributed by atoms with Gasteiger partial charge in [-0.3, -0.25) is 4.79 Å². The van der Waals surface area contributed by atoms with Crippen molar-refractivity contribution in [2.45, 2.75) is 32.6 Å². The zero-order chi connectivity index (χ0) is 16.7. The fourth-order valence-electron chi connectivity index (χ4n) is 3.48. The normalized spacial score (nSPS) is 18.9. The average Bonchev–Trinajstić information content (AvgIpc) is 3.45. The van der Waals surface area contributed by atoms with Gasteiger partial charge in [0, 0.05) is 35.6 Å². The molecule has 4 rings (SSSR count). The molecule has 120 valence electrons. The van der Waals surface area contributed by atoms with E-state index < -0.39 is 0 Å². The van der Waals surface area contributed by atoms with E-state index in [9.17, 15) is 10.1 Å². The standard InChI is InChI=1S/C19H18N4O/c1-2-17-21-9-13(10-22-17)18-14-7-12(11-3-4-11)5-6-16(14)23-19(24)15(18)8-20/h5-6,9-12H,2-4,7H2,1H3,(H,23,24). The highest BCUT2D eigenvalue weighted by molar-refractivity contribution is 5.76. The third kappa shape index (κ3) is 2.44. The van der Waals surface area contributed by atoms with Crippen LogP contribution in [-0.4, -0.2) is 15.0 Å². The minimum Gasteiger partial charge on any atom is -0.321 e. The van der Waals surface area contributed by atoms with Crippen LogP contribution in [0.1, 0.15) is 42.4 Å². The molecule has 5 nitrogen and oxygen atoms in total. The van der Waals surface area contributed by atoms with Gasteiger partial charge < -0.3 is 4.98 Å². The zero-order valence-electron chi connectivity index (χ0n) is 13.5. The number of aromatic amines is 1. The predicted octanol–water partition coefficient (Wildman–Crippen LogP) is 2.86. The van der Waals surface area contributed by atoms with Crippen LogP contribution in [0.15, 0.2) is 23.3 Å². The van der Waals surface area contributed by atoms with Crippen LogP contribution >= 0.6 is 0 Å². The maximum absolute atomic E-state index is 12.3. The molecule has 2 aliphatic carbocycles. The Labute approximate surface area is 140 Å². The number of rotatable bonds is 3. The molecule has 2 aromatic rings. The van der Waals surface area contributed by atoms with E-state index in [1.807, 2.05) is 13.0 Å². The van der Waals surface area contributed by atoms with Crippen molar-refractivity contribution >= 4 is 6.08 Å². The summed E-state index contributed by atoms with van der Waals surface area (Å²) < 4.78 is 0. The minimum atomic E-state index is -0.347. The summed E-state index contributed by atoms with van der Waals surface area (Å²) in [5, 5.41) is 9.52. The lowest BCUT2D eigenvalue weighted by Crippen LogP contribution is -2.20. The fraction of sp³-hybridized carbons (Fsp3) is 0.368. The van der Waals surface area contributed by atoms with E-state index in [-0.39, 0.29) is 11.1 Å². The van der Waals surface area contributed by atoms with E-state index in [1.54, 1.807) is 12.4 Å². The molecule has 1 atom stereocenters. The molecule has 2 aliphatic rings. The highest BCUT2D eigenvalue weighted by Gasteiger charge is 2.33. The molecule has 0 radical (unpaired) electrons. The Balaban J connectivity index is 1.90. The van der Waals surface area contributed by atoms with Crippen LogP contribution in [0.4, 0.5) is 0 Å². The number of nitriles is 1. The third-order valence-corrected chi connectivity index (χ3v) is 4.95. The highest BCUT2D eigenvalue weighted by atomic mass is 16.1. The van der Waals surface area contributed by atoms with Crippen molar-refractivity contribution in [3.05, 3.63) is 51.5 Å². The van der Waals surface area contributed by atoms with E-state index in [1.165, 1.54) is 12.8 Å². The van der Waals surface area contributed by atoms with Crippen molar-refractivity contribution in [2.75, 3.05) is 0 Å². The van der Waals surface area contributed by atoms with Gasteiger partial charge in [-0.1, -0.05) is 13.0 Å². The van der Waals surface area contributed by atoms with Crippen molar-refractivity contribution in [1.82, 2.24) is 15.0 Å². The Bertz CT molecular complexity index is 914. The molecular weight excluding hydrogens is 300 g/mol. The molecular formula is C19H18N4O. The molecule has 0 amide bonds. The smallest absolute Gasteiger partial charge is 0.266 e. The first-order valence-electron chi connectivity index (χ1n) is 8.40. The molecule has 1 N–H and O–H groups in total. The molecule has 1 fully saturated rings. The Kier molecular flexibility index (Phi) is 3.53. The molecule has 0 aromatic carbocycles. The summed E-state index contributed by atoms with van der Waals surface area (Å²) in [6, 6.07) is 2.08. The third-order valence-electron chi connectivity index (χ3n) is 4.95. The Morgan fingerprint density at radius 3 is 2.71 bits per heavy atom. The van der Waals surface area contributed by atoms with Gasteiger partial charge in [0.2, 0.25) is 0 Å². The number of aromatic nitrogens is 3. The molecule has 1 saturated carbocycles. The van der Waals surface area contributed by atoms with Crippen LogP contribution in [0, 0.1) is 23.2 Å². The number of fused-ring (bicyclic) bond motifs is 1. The SMILES string of the molecule is CCc1ncc(-c2c3c([nH]c(=O)c2C#N)C=CC(C2CC2)C3)cn1. The summed E-state index contributed by atoms with van der Waals surface area (Å²) in [4.78, 5) is 23.9. The monoisotopic (exact) mass is 318 g/mol. The number of nitrogens with zero attached hydrogens (tertiary/aromatic N) is 3. The summed E-state index contributed by atoms with van der Waals surface area (Å²) >= 11 is 0. The van der Waals surface area contributed by atoms with Crippen LogP contribution in [0.5, 0.6) is 0 Å². The number of hydrogen-bond donors (Lipinski definition) is 1. The van der Waals surface area contributed by atoms with Gasteiger partial charge in [0.1, 0.15) is 17.5 Å². The average molecular weight is 318 g/mol. The number of hydrogen-bond acceptors (Lipinski definition) is 4. The second kappa shape index (κ2) is 5.72. The maximum Gasteiger partial charge on any atom is 0.266 e. The number of pyridine rings is 1. The van der Waals surface area contributed by atoms with Crippen LogP contribution in [0.2, 0.25) is 0 Å². The van der Waals surface area contributed by atoms with Crippen molar-refractivity contribution in [3.8, 4) is 17.2 Å². The van der Waals surface area contributed by atoms with Gasteiger partial charge in [-0.05, 0) is 42.7 Å². The summed E-state index contributed by atoms with van der Waals surface area (Å²) in [5.41, 5.74) is 3.11. The Morgan fingerprint density at radius 1 is 1.33 bits per heavy atom. The Morgan fingerprint density at radius 2 is 2.08 bits per heavy atom. The van der Waals surface area contributed by atoms with Gasteiger partial charge in [-0.15, -0.1) is 0 Å². The van der Waals surface area contributed by atoms with Crippen molar-refractivity contribution < 1.29 is 0 Å². The molecule has 0 bridgehead atoms. The molecule has 0 saturated heterocycles. The first kappa shape index (κ1) is 14.8. The van der Waals surface area contributed by atoms with Gasteiger partial charge in [0.15, 0.2) is 0 Å². The maximum atomic E-state index is 12.3. The first-order chi connectivity index (χ1) is 11.7. The molecule has 2 heterocycles. The second-order valence-electron chi connectivity index (χ2n) is 6.51. The topological polar surface area (TPSA) is 82.4 Å². The minimum absolute atomic E-state index is 0.159. The Hall–Kier alpha value is -2.74. The molecule has 0 spiro atoms. The zero-order valence-corrected chi connectivity index (χ0v) is 13.5. The van der Waals surface area contributed by atoms with Gasteiger partial charge in [-0.2, -0.15) is 5.26 Å². The van der Waals surface area contributed by atoms with Gasteiger partial charge in [-0.25, -0.2) is 9.97 Å². The van der Waals surface area contributed by atoms with Gasteiger partial charge in [0.05, 0.1) is 0 Å². The molecule has 2 aromatic heterocycles. The summed E-state index contributed by atoms with van der Waals surface area (Å²) in [7, 11) is 0. The van der Waals surface area contributed by atoms with Crippen molar-refractivity contribution in [3.63, 3.8) is 0 Å². The van der Waals surface area contributed by atoms with Crippen LogP contribution in [0.3, 0.4) is 0 Å². The van der Waals surface area contributed by atoms with E-state index in [4.69, 9.17) is 0 Å². The molecule has 5 heteroatoms. The molecule has 1 unspecified atom stereocenters. The number of allylic oxidation sites excluding steroid dienone is 1. The van der Waals surface area contributed by atoms with Crippen molar-refractivity contribution in [1.29, 1.82) is 5.26 Å². The van der Waals surface area contributed by atoms with Gasteiger partial charge in [0.25, 0.3) is 5.56 Å². The van der Waals surface area contributed by atoms with Gasteiger partial charge >= 0.3 is 0 Å². The number of aryl methyl sites for hydroxylation is 1. The lowest BCUT2D eigenvalue weighted by molar-refractivity contribution is 0.561. The first-order valence-corrected chi connectivity index (χ1v) is 8.40. The fourth-order valence-corrected chi connectivity index (χ4v) is 3.48. The van der Waals surface area contributed by atoms with Crippen LogP contribution in [0.25, 0.3) is 17.2 Å². The molecule has 0 aliphatic heterocycles. The van der Waals surface area contributed by atoms with E-state index in [2.05, 4.69) is 27.1 Å². The van der Waals surface area contributed by atoms with Crippen LogP contribution in [-0.2, 0) is 12.8 Å². The summed E-state index contributed by atoms with van der Waals surface area (Å²) in [5.74, 6) is 1.98.